The van der Waals surface area contributed by atoms with Crippen LogP contribution in [0.1, 0.15) is 34.6 Å². The smallest absolute Gasteiger partial charge is 0.329 e. The van der Waals surface area contributed by atoms with E-state index in [4.69, 9.17) is 4.74 Å². The number of para-hydroxylation sites is 1. The third kappa shape index (κ3) is 3.75. The third-order valence-electron chi connectivity index (χ3n) is 4.55. The van der Waals surface area contributed by atoms with Crippen LogP contribution in [0, 0.1) is 10.1 Å². The lowest BCUT2D eigenvalue weighted by atomic mass is 10.1. The zero-order valence-corrected chi connectivity index (χ0v) is 16.0. The van der Waals surface area contributed by atoms with E-state index in [0.717, 1.165) is 6.07 Å². The van der Waals surface area contributed by atoms with Gasteiger partial charge in [-0.05, 0) is 32.0 Å². The van der Waals surface area contributed by atoms with Crippen LogP contribution in [0.25, 0.3) is 0 Å². The van der Waals surface area contributed by atoms with Gasteiger partial charge in [0.05, 0.1) is 10.5 Å². The summed E-state index contributed by atoms with van der Waals surface area (Å²) in [4.78, 5) is 60.9. The first kappa shape index (κ1) is 20.6. The molecule has 30 heavy (non-hydrogen) atoms. The lowest BCUT2D eigenvalue weighted by Crippen LogP contribution is -2.45. The molecule has 10 nitrogen and oxygen atoms in total. The number of anilines is 1. The number of carbonyl (C=O) groups excluding carboxylic acids is 4. The Hall–Kier alpha value is -4.08. The van der Waals surface area contributed by atoms with Gasteiger partial charge in [-0.15, -0.1) is 0 Å². The Balaban J connectivity index is 1.72. The molecule has 2 aromatic carbocycles. The van der Waals surface area contributed by atoms with E-state index in [-0.39, 0.29) is 11.1 Å². The summed E-state index contributed by atoms with van der Waals surface area (Å²) in [6.07, 6.45) is -1.20. The molecule has 0 saturated heterocycles. The van der Waals surface area contributed by atoms with E-state index in [9.17, 15) is 29.3 Å². The standard InChI is InChI=1S/C20H17N3O7/c1-11(20(27)30-12(2)17(24)21-13-7-4-3-5-8-13)22-18(25)14-9-6-10-15(23(28)29)16(14)19(22)26/h3-12H,1-2H3,(H,21,24)/t11-,12-/m1/s1. The van der Waals surface area contributed by atoms with E-state index in [0.29, 0.717) is 10.6 Å². The molecule has 0 fully saturated rings. The number of nitrogens with zero attached hydrogens (tertiary/aromatic N) is 2. The van der Waals surface area contributed by atoms with Crippen LogP contribution in [0.2, 0.25) is 0 Å². The van der Waals surface area contributed by atoms with Crippen LogP contribution in [-0.4, -0.2) is 45.7 Å². The van der Waals surface area contributed by atoms with Crippen molar-refractivity contribution < 1.29 is 28.8 Å². The van der Waals surface area contributed by atoms with Crippen LogP contribution in [0.5, 0.6) is 0 Å². The van der Waals surface area contributed by atoms with Crippen LogP contribution in [0.4, 0.5) is 11.4 Å². The second-order valence-electron chi connectivity index (χ2n) is 6.55. The summed E-state index contributed by atoms with van der Waals surface area (Å²) in [5.41, 5.74) is -0.554. The Bertz CT molecular complexity index is 1050. The Labute approximate surface area is 170 Å². The van der Waals surface area contributed by atoms with Gasteiger partial charge in [-0.3, -0.25) is 29.4 Å². The Kier molecular flexibility index (Phi) is 5.58. The zero-order valence-electron chi connectivity index (χ0n) is 16.0. The zero-order chi connectivity index (χ0) is 22.0. The molecule has 0 radical (unpaired) electrons. The van der Waals surface area contributed by atoms with Gasteiger partial charge in [0.15, 0.2) is 6.10 Å². The molecule has 2 atom stereocenters. The fourth-order valence-electron chi connectivity index (χ4n) is 2.99. The monoisotopic (exact) mass is 411 g/mol. The molecule has 10 heteroatoms. The minimum Gasteiger partial charge on any atom is -0.451 e. The summed E-state index contributed by atoms with van der Waals surface area (Å²) in [5, 5.41) is 13.7. The van der Waals surface area contributed by atoms with Crippen LogP contribution in [0.3, 0.4) is 0 Å². The molecule has 1 aliphatic rings. The number of esters is 1. The highest BCUT2D eigenvalue weighted by Crippen LogP contribution is 2.32. The van der Waals surface area contributed by atoms with E-state index < -0.39 is 46.4 Å². The number of nitro groups is 1. The molecule has 3 rings (SSSR count). The van der Waals surface area contributed by atoms with Gasteiger partial charge in [-0.1, -0.05) is 24.3 Å². The quantitative estimate of drug-likeness (QED) is 0.333. The van der Waals surface area contributed by atoms with E-state index in [1.54, 1.807) is 30.3 Å². The number of amides is 3. The summed E-state index contributed by atoms with van der Waals surface area (Å²) in [5.74, 6) is -3.40. The van der Waals surface area contributed by atoms with Gasteiger partial charge in [0.25, 0.3) is 23.4 Å². The summed E-state index contributed by atoms with van der Waals surface area (Å²) in [6, 6.07) is 10.8. The minimum absolute atomic E-state index is 0.163. The van der Waals surface area contributed by atoms with Crippen molar-refractivity contribution >= 4 is 35.1 Å². The molecular formula is C20H17N3O7. The number of ether oxygens (including phenoxy) is 1. The highest BCUT2D eigenvalue weighted by atomic mass is 16.6. The minimum atomic E-state index is -1.39. The number of nitrogens with one attached hydrogen (secondary N) is 1. The number of carbonyl (C=O) groups is 4. The first-order valence-corrected chi connectivity index (χ1v) is 8.94. The lowest BCUT2D eigenvalue weighted by Gasteiger charge is -2.22. The molecule has 1 heterocycles. The summed E-state index contributed by atoms with van der Waals surface area (Å²) in [7, 11) is 0. The normalized spacial score (nSPS) is 14.7. The molecule has 3 amide bonds. The van der Waals surface area contributed by atoms with Gasteiger partial charge in [-0.25, -0.2) is 4.79 Å². The fraction of sp³-hybridized carbons (Fsp3) is 0.200. The van der Waals surface area contributed by atoms with Gasteiger partial charge < -0.3 is 10.1 Å². The molecule has 0 unspecified atom stereocenters. The van der Waals surface area contributed by atoms with Crippen LogP contribution < -0.4 is 5.32 Å². The molecular weight excluding hydrogens is 394 g/mol. The van der Waals surface area contributed by atoms with Crippen LogP contribution in [0.15, 0.2) is 48.5 Å². The van der Waals surface area contributed by atoms with Crippen molar-refractivity contribution in [2.75, 3.05) is 5.32 Å². The van der Waals surface area contributed by atoms with Crippen molar-refractivity contribution in [3.8, 4) is 0 Å². The Morgan fingerprint density at radius 2 is 1.70 bits per heavy atom. The van der Waals surface area contributed by atoms with Gasteiger partial charge in [0.2, 0.25) is 0 Å². The fourth-order valence-corrected chi connectivity index (χ4v) is 2.99. The van der Waals surface area contributed by atoms with E-state index in [2.05, 4.69) is 5.32 Å². The maximum absolute atomic E-state index is 12.7. The summed E-state index contributed by atoms with van der Waals surface area (Å²) >= 11 is 0. The Morgan fingerprint density at radius 3 is 2.33 bits per heavy atom. The maximum atomic E-state index is 12.7. The second kappa shape index (κ2) is 8.11. The predicted octanol–water partition coefficient (Wildman–Crippen LogP) is 2.15. The number of rotatable bonds is 6. The topological polar surface area (TPSA) is 136 Å². The van der Waals surface area contributed by atoms with Gasteiger partial charge in [0.1, 0.15) is 11.6 Å². The van der Waals surface area contributed by atoms with Crippen molar-refractivity contribution in [3.05, 3.63) is 69.8 Å². The first-order valence-electron chi connectivity index (χ1n) is 8.94. The van der Waals surface area contributed by atoms with Gasteiger partial charge in [0, 0.05) is 11.8 Å². The van der Waals surface area contributed by atoms with Gasteiger partial charge >= 0.3 is 5.97 Å². The van der Waals surface area contributed by atoms with Crippen molar-refractivity contribution in [1.29, 1.82) is 0 Å². The number of nitro benzene ring substituents is 1. The molecule has 0 aromatic heterocycles. The highest BCUT2D eigenvalue weighted by Gasteiger charge is 2.45. The van der Waals surface area contributed by atoms with E-state index in [1.165, 1.54) is 26.0 Å². The molecule has 1 aliphatic heterocycles. The van der Waals surface area contributed by atoms with E-state index in [1.807, 2.05) is 0 Å². The van der Waals surface area contributed by atoms with E-state index >= 15 is 0 Å². The number of fused-ring (bicyclic) bond motifs is 1. The largest absolute Gasteiger partial charge is 0.451 e. The summed E-state index contributed by atoms with van der Waals surface area (Å²) < 4.78 is 5.10. The average molecular weight is 411 g/mol. The number of hydrogen-bond acceptors (Lipinski definition) is 7. The predicted molar refractivity (Wildman–Crippen MR) is 104 cm³/mol. The first-order chi connectivity index (χ1) is 14.2. The number of benzene rings is 2. The molecule has 154 valence electrons. The summed E-state index contributed by atoms with van der Waals surface area (Å²) in [6.45, 7) is 2.59. The number of imide groups is 1. The SMILES string of the molecule is C[C@H](C(=O)O[C@H](C)C(=O)Nc1ccccc1)N1C(=O)c2cccc([N+](=O)[O-])c2C1=O. The van der Waals surface area contributed by atoms with Crippen LogP contribution >= 0.6 is 0 Å². The number of hydrogen-bond donors (Lipinski definition) is 1. The molecule has 0 bridgehead atoms. The Morgan fingerprint density at radius 1 is 1.03 bits per heavy atom. The second-order valence-corrected chi connectivity index (χ2v) is 6.55. The highest BCUT2D eigenvalue weighted by molar-refractivity contribution is 6.24. The van der Waals surface area contributed by atoms with Crippen molar-refractivity contribution in [2.24, 2.45) is 0 Å². The maximum Gasteiger partial charge on any atom is 0.329 e. The average Bonchev–Trinajstić information content (AvgIpc) is 2.98. The third-order valence-corrected chi connectivity index (χ3v) is 4.55. The molecule has 1 N–H and O–H groups in total. The molecule has 2 aromatic rings. The molecule has 0 saturated carbocycles. The van der Waals surface area contributed by atoms with Crippen molar-refractivity contribution in [3.63, 3.8) is 0 Å². The molecule has 0 spiro atoms. The van der Waals surface area contributed by atoms with Crippen molar-refractivity contribution in [1.82, 2.24) is 4.90 Å². The lowest BCUT2D eigenvalue weighted by molar-refractivity contribution is -0.385. The van der Waals surface area contributed by atoms with Gasteiger partial charge in [-0.2, -0.15) is 0 Å². The molecule has 0 aliphatic carbocycles. The van der Waals surface area contributed by atoms with Crippen LogP contribution in [-0.2, 0) is 14.3 Å². The van der Waals surface area contributed by atoms with Crippen molar-refractivity contribution in [2.45, 2.75) is 26.0 Å².